The molecule has 1 fully saturated rings. The number of halogens is 1. The van der Waals surface area contributed by atoms with Gasteiger partial charge in [-0.3, -0.25) is 9.88 Å². The summed E-state index contributed by atoms with van der Waals surface area (Å²) in [6.07, 6.45) is 5.37. The number of hydrogen-bond acceptors (Lipinski definition) is 4. The molecule has 1 saturated heterocycles. The second-order valence-electron chi connectivity index (χ2n) is 4.37. The van der Waals surface area contributed by atoms with E-state index in [0.29, 0.717) is 3.92 Å². The van der Waals surface area contributed by atoms with Crippen molar-refractivity contribution in [3.63, 3.8) is 0 Å². The molecule has 2 N–H and O–H groups in total. The molecule has 17 heavy (non-hydrogen) atoms. The minimum absolute atomic E-state index is 0.534. The Morgan fingerprint density at radius 2 is 2.41 bits per heavy atom. The Morgan fingerprint density at radius 1 is 1.59 bits per heavy atom. The molecule has 0 spiro atoms. The molecule has 0 aliphatic carbocycles. The SMILES string of the molecule is CNc1cncc(C(O)N2CCC[C@@H](I)C2)c1. The van der Waals surface area contributed by atoms with Gasteiger partial charge in [0.25, 0.3) is 0 Å². The van der Waals surface area contributed by atoms with Crippen LogP contribution in [0.2, 0.25) is 0 Å². The molecule has 1 aliphatic heterocycles. The van der Waals surface area contributed by atoms with Crippen molar-refractivity contribution in [1.82, 2.24) is 9.88 Å². The lowest BCUT2D eigenvalue weighted by molar-refractivity contribution is -0.00736. The van der Waals surface area contributed by atoms with Crippen LogP contribution in [0, 0.1) is 0 Å². The van der Waals surface area contributed by atoms with E-state index in [9.17, 15) is 5.11 Å². The first kappa shape index (κ1) is 13.0. The fraction of sp³-hybridized carbons (Fsp3) is 0.583. The zero-order chi connectivity index (χ0) is 12.3. The molecule has 0 saturated carbocycles. The smallest absolute Gasteiger partial charge is 0.135 e. The Balaban J connectivity index is 2.09. The number of aromatic nitrogens is 1. The number of aliphatic hydroxyl groups excluding tert-OH is 1. The molecular formula is C12H18IN3O. The summed E-state index contributed by atoms with van der Waals surface area (Å²) < 4.78 is 0.636. The fourth-order valence-corrected chi connectivity index (χ4v) is 3.07. The normalized spacial score (nSPS) is 23.4. The lowest BCUT2D eigenvalue weighted by Gasteiger charge is -2.33. The minimum Gasteiger partial charge on any atom is -0.387 e. The van der Waals surface area contributed by atoms with Crippen LogP contribution in [-0.4, -0.2) is 39.1 Å². The van der Waals surface area contributed by atoms with E-state index in [-0.39, 0.29) is 0 Å². The minimum atomic E-state index is -0.534. The number of nitrogens with one attached hydrogen (secondary N) is 1. The van der Waals surface area contributed by atoms with Crippen LogP contribution in [0.3, 0.4) is 0 Å². The molecule has 1 unspecified atom stereocenters. The van der Waals surface area contributed by atoms with Crippen LogP contribution < -0.4 is 5.32 Å². The second-order valence-corrected chi connectivity index (χ2v) is 6.13. The van der Waals surface area contributed by atoms with Crippen LogP contribution in [-0.2, 0) is 0 Å². The van der Waals surface area contributed by atoms with Crippen molar-refractivity contribution in [1.29, 1.82) is 0 Å². The van der Waals surface area contributed by atoms with Gasteiger partial charge in [0, 0.05) is 42.0 Å². The highest BCUT2D eigenvalue weighted by Crippen LogP contribution is 2.26. The van der Waals surface area contributed by atoms with E-state index in [1.165, 1.54) is 6.42 Å². The summed E-state index contributed by atoms with van der Waals surface area (Å²) >= 11 is 2.46. The van der Waals surface area contributed by atoms with E-state index in [2.05, 4.69) is 37.8 Å². The molecule has 2 heterocycles. The summed E-state index contributed by atoms with van der Waals surface area (Å²) in [4.78, 5) is 6.26. The van der Waals surface area contributed by atoms with E-state index in [4.69, 9.17) is 0 Å². The third-order valence-corrected chi connectivity index (χ3v) is 4.10. The van der Waals surface area contributed by atoms with Gasteiger partial charge < -0.3 is 10.4 Å². The highest BCUT2D eigenvalue weighted by molar-refractivity contribution is 14.1. The quantitative estimate of drug-likeness (QED) is 0.649. The van der Waals surface area contributed by atoms with Gasteiger partial charge in [-0.1, -0.05) is 22.6 Å². The molecule has 4 nitrogen and oxygen atoms in total. The summed E-state index contributed by atoms with van der Waals surface area (Å²) in [7, 11) is 1.86. The lowest BCUT2D eigenvalue weighted by atomic mass is 10.1. The fourth-order valence-electron chi connectivity index (χ4n) is 2.12. The van der Waals surface area contributed by atoms with Gasteiger partial charge in [-0.05, 0) is 18.9 Å². The van der Waals surface area contributed by atoms with E-state index in [1.807, 2.05) is 13.1 Å². The third-order valence-electron chi connectivity index (χ3n) is 3.09. The molecule has 0 bridgehead atoms. The maximum Gasteiger partial charge on any atom is 0.135 e. The number of piperidine rings is 1. The number of nitrogens with zero attached hydrogens (tertiary/aromatic N) is 2. The van der Waals surface area contributed by atoms with Gasteiger partial charge in [-0.25, -0.2) is 0 Å². The maximum absolute atomic E-state index is 10.3. The summed E-state index contributed by atoms with van der Waals surface area (Å²) in [5, 5.41) is 13.4. The van der Waals surface area contributed by atoms with Gasteiger partial charge in [0.2, 0.25) is 0 Å². The van der Waals surface area contributed by atoms with Crippen LogP contribution >= 0.6 is 22.6 Å². The molecule has 94 valence electrons. The van der Waals surface area contributed by atoms with Crippen LogP contribution in [0.25, 0.3) is 0 Å². The molecular weight excluding hydrogens is 329 g/mol. The molecule has 0 amide bonds. The van der Waals surface area contributed by atoms with Crippen molar-refractivity contribution in [2.75, 3.05) is 25.5 Å². The van der Waals surface area contributed by atoms with Gasteiger partial charge in [0.1, 0.15) is 6.23 Å². The highest BCUT2D eigenvalue weighted by Gasteiger charge is 2.24. The predicted octanol–water partition coefficient (Wildman–Crippen LogP) is 2.01. The standard InChI is InChI=1S/C12H18IN3O/c1-14-11-5-9(6-15-7-11)12(17)16-4-2-3-10(13)8-16/h5-7,10,12,14,17H,2-4,8H2,1H3/t10-,12?/m1/s1. The summed E-state index contributed by atoms with van der Waals surface area (Å²) in [6.45, 7) is 1.91. The zero-order valence-electron chi connectivity index (χ0n) is 9.93. The van der Waals surface area contributed by atoms with Crippen molar-refractivity contribution in [2.24, 2.45) is 0 Å². The maximum atomic E-state index is 10.3. The molecule has 0 aromatic carbocycles. The van der Waals surface area contributed by atoms with Crippen LogP contribution in [0.5, 0.6) is 0 Å². The van der Waals surface area contributed by atoms with Crippen molar-refractivity contribution in [3.8, 4) is 0 Å². The van der Waals surface area contributed by atoms with Gasteiger partial charge in [0.15, 0.2) is 0 Å². The molecule has 5 heteroatoms. The van der Waals surface area contributed by atoms with Gasteiger partial charge in [-0.15, -0.1) is 0 Å². The Kier molecular flexibility index (Phi) is 4.58. The summed E-state index contributed by atoms with van der Waals surface area (Å²) in [6, 6.07) is 1.95. The number of hydrogen-bond donors (Lipinski definition) is 2. The third kappa shape index (κ3) is 3.29. The lowest BCUT2D eigenvalue weighted by Crippen LogP contribution is -2.38. The van der Waals surface area contributed by atoms with Crippen LogP contribution in [0.4, 0.5) is 5.69 Å². The Hall–Kier alpha value is -0.400. The first-order valence-corrected chi connectivity index (χ1v) is 7.14. The summed E-state index contributed by atoms with van der Waals surface area (Å²) in [5.41, 5.74) is 1.80. The van der Waals surface area contributed by atoms with Gasteiger partial charge in [0.05, 0.1) is 5.69 Å². The summed E-state index contributed by atoms with van der Waals surface area (Å²) in [5.74, 6) is 0. The van der Waals surface area contributed by atoms with Crippen molar-refractivity contribution >= 4 is 28.3 Å². The number of anilines is 1. The zero-order valence-corrected chi connectivity index (χ0v) is 12.1. The van der Waals surface area contributed by atoms with E-state index >= 15 is 0 Å². The van der Waals surface area contributed by atoms with E-state index in [1.54, 1.807) is 12.4 Å². The van der Waals surface area contributed by atoms with Crippen LogP contribution in [0.1, 0.15) is 24.6 Å². The number of likely N-dealkylation sites (tertiary alicyclic amines) is 1. The van der Waals surface area contributed by atoms with Gasteiger partial charge in [-0.2, -0.15) is 0 Å². The molecule has 2 rings (SSSR count). The monoisotopic (exact) mass is 347 g/mol. The van der Waals surface area contributed by atoms with Crippen molar-refractivity contribution < 1.29 is 5.11 Å². The molecule has 1 aliphatic rings. The van der Waals surface area contributed by atoms with Gasteiger partial charge >= 0.3 is 0 Å². The number of pyridine rings is 1. The van der Waals surface area contributed by atoms with Crippen molar-refractivity contribution in [3.05, 3.63) is 24.0 Å². The average Bonchev–Trinajstić information content (AvgIpc) is 2.38. The average molecular weight is 347 g/mol. The van der Waals surface area contributed by atoms with Crippen LogP contribution in [0.15, 0.2) is 18.5 Å². The molecule has 0 radical (unpaired) electrons. The van der Waals surface area contributed by atoms with E-state index < -0.39 is 6.23 Å². The first-order chi connectivity index (χ1) is 8.20. The topological polar surface area (TPSA) is 48.4 Å². The predicted molar refractivity (Wildman–Crippen MR) is 77.4 cm³/mol. The Bertz CT molecular complexity index is 375. The molecule has 1 aromatic rings. The number of rotatable bonds is 3. The molecule has 1 aromatic heterocycles. The van der Waals surface area contributed by atoms with E-state index in [0.717, 1.165) is 30.8 Å². The molecule has 2 atom stereocenters. The highest BCUT2D eigenvalue weighted by atomic mass is 127. The Labute approximate surface area is 116 Å². The van der Waals surface area contributed by atoms with Crippen molar-refractivity contribution in [2.45, 2.75) is 23.0 Å². The Morgan fingerprint density at radius 3 is 3.12 bits per heavy atom. The number of aliphatic hydroxyl groups is 1. The second kappa shape index (κ2) is 5.97. The number of alkyl halides is 1. The first-order valence-electron chi connectivity index (χ1n) is 5.89. The largest absolute Gasteiger partial charge is 0.387 e.